The van der Waals surface area contributed by atoms with Gasteiger partial charge in [-0.1, -0.05) is 71.3 Å². The Morgan fingerprint density at radius 3 is 2.54 bits per heavy atom. The van der Waals surface area contributed by atoms with Gasteiger partial charge >= 0.3 is 7.12 Å². The summed E-state index contributed by atoms with van der Waals surface area (Å²) in [5.74, 6) is -0.585. The van der Waals surface area contributed by atoms with Crippen LogP contribution in [0.2, 0.25) is 6.32 Å². The van der Waals surface area contributed by atoms with E-state index in [4.69, 9.17) is 4.65 Å². The number of hydrogen-bond donors (Lipinski definition) is 2. The van der Waals surface area contributed by atoms with Crippen molar-refractivity contribution in [1.82, 2.24) is 0 Å². The number of hydrogen-bond acceptors (Lipinski definition) is 5. The van der Waals surface area contributed by atoms with Crippen molar-refractivity contribution in [2.75, 3.05) is 0 Å². The maximum Gasteiger partial charge on any atom is 0.455 e. The molecule has 5 nitrogen and oxygen atoms in total. The van der Waals surface area contributed by atoms with Crippen LogP contribution in [0.15, 0.2) is 63.7 Å². The second-order valence-corrected chi connectivity index (χ2v) is 11.8. The van der Waals surface area contributed by atoms with Crippen molar-refractivity contribution in [3.63, 3.8) is 0 Å². The van der Waals surface area contributed by atoms with Crippen LogP contribution in [0.5, 0.6) is 5.75 Å². The van der Waals surface area contributed by atoms with Crippen LogP contribution in [-0.4, -0.2) is 34.9 Å². The normalized spacial score (nSPS) is 25.8. The summed E-state index contributed by atoms with van der Waals surface area (Å²) in [4.78, 5) is 27.3. The van der Waals surface area contributed by atoms with E-state index in [1.807, 2.05) is 31.2 Å². The van der Waals surface area contributed by atoms with E-state index in [1.165, 1.54) is 5.57 Å². The maximum absolute atomic E-state index is 13.7. The zero-order valence-electron chi connectivity index (χ0n) is 21.4. The van der Waals surface area contributed by atoms with Crippen molar-refractivity contribution in [3.8, 4) is 5.75 Å². The largest absolute Gasteiger partial charge is 0.507 e. The summed E-state index contributed by atoms with van der Waals surface area (Å²) in [6.07, 6.45) is 3.87. The minimum atomic E-state index is -0.982. The molecule has 2 N–H and O–H groups in total. The van der Waals surface area contributed by atoms with Crippen LogP contribution in [0, 0.1) is 23.7 Å². The molecule has 0 radical (unpaired) electrons. The highest BCUT2D eigenvalue weighted by atomic mass is 79.9. The first-order valence-corrected chi connectivity index (χ1v) is 13.8. The number of rotatable bonds is 5. The highest BCUT2D eigenvalue weighted by Crippen LogP contribution is 2.52. The molecule has 4 atom stereocenters. The lowest BCUT2D eigenvalue weighted by Gasteiger charge is -2.48. The van der Waals surface area contributed by atoms with Crippen LogP contribution in [0.3, 0.4) is 0 Å². The molecule has 0 unspecified atom stereocenters. The van der Waals surface area contributed by atoms with Crippen LogP contribution in [0.4, 0.5) is 0 Å². The van der Waals surface area contributed by atoms with Gasteiger partial charge in [-0.3, -0.25) is 9.59 Å². The van der Waals surface area contributed by atoms with Gasteiger partial charge in [0.2, 0.25) is 0 Å². The number of Topliss-reactive ketones (excluding diaryl/α,β-unsaturated/α-hetero) is 2. The predicted octanol–water partition coefficient (Wildman–Crippen LogP) is 6.50. The fourth-order valence-corrected chi connectivity index (χ4v) is 6.87. The average Bonchev–Trinajstić information content (AvgIpc) is 2.86. The molecule has 0 saturated carbocycles. The van der Waals surface area contributed by atoms with Crippen molar-refractivity contribution in [3.05, 3.63) is 80.3 Å². The van der Waals surface area contributed by atoms with E-state index in [0.29, 0.717) is 36.7 Å². The van der Waals surface area contributed by atoms with Crippen molar-refractivity contribution in [2.24, 2.45) is 23.7 Å². The number of aromatic hydroxyl groups is 1. The first-order chi connectivity index (χ1) is 17.7. The lowest BCUT2D eigenvalue weighted by molar-refractivity contribution is 0.0593. The third-order valence-corrected chi connectivity index (χ3v) is 8.68. The molecule has 5 rings (SSSR count). The number of fused-ring (bicyclic) bond motifs is 4. The van der Waals surface area contributed by atoms with Gasteiger partial charge in [0.05, 0.1) is 6.10 Å². The minimum absolute atomic E-state index is 0.0135. The maximum atomic E-state index is 13.7. The van der Waals surface area contributed by atoms with E-state index >= 15 is 0 Å². The number of carbonyl (C=O) groups excluding carboxylic acids is 2. The van der Waals surface area contributed by atoms with Crippen LogP contribution >= 0.6 is 15.9 Å². The quantitative estimate of drug-likeness (QED) is 0.321. The second-order valence-electron chi connectivity index (χ2n) is 10.9. The second kappa shape index (κ2) is 10.4. The van der Waals surface area contributed by atoms with E-state index in [2.05, 4.69) is 29.8 Å². The van der Waals surface area contributed by atoms with Gasteiger partial charge in [-0.2, -0.15) is 0 Å². The Morgan fingerprint density at radius 1 is 1.14 bits per heavy atom. The van der Waals surface area contributed by atoms with Crippen LogP contribution in [0.1, 0.15) is 66.3 Å². The fourth-order valence-electron chi connectivity index (χ4n) is 6.49. The molecule has 0 bridgehead atoms. The Hall–Kier alpha value is -2.48. The summed E-state index contributed by atoms with van der Waals surface area (Å²) >= 11 is 3.45. The number of allylic oxidation sites excluding steroid dienone is 2. The Kier molecular flexibility index (Phi) is 7.32. The molecule has 192 valence electrons. The average molecular weight is 563 g/mol. The van der Waals surface area contributed by atoms with E-state index < -0.39 is 13.0 Å². The van der Waals surface area contributed by atoms with E-state index in [-0.39, 0.29) is 41.2 Å². The van der Waals surface area contributed by atoms with Gasteiger partial charge in [-0.25, -0.2) is 0 Å². The molecular formula is C30H32BBrO5. The monoisotopic (exact) mass is 562 g/mol. The molecule has 37 heavy (non-hydrogen) atoms. The zero-order valence-corrected chi connectivity index (χ0v) is 23.0. The standard InChI is InChI=1S/C30H32BBrO5/c1-16(2)22-14-23-28(30(35)21-7-5-4-6-20(21)29(23)34)24-15-31(36)37-26(27(22)24)11-8-17(3)12-18-13-19(32)9-10-25(18)33/h4-7,9-10,12-13,16,23-24,26,28,33,36H,8,11,14-15H2,1-3H3/b17-12+/t23-,24+,26-,28-/m1/s1. The smallest absolute Gasteiger partial charge is 0.455 e. The molecule has 1 aliphatic heterocycles. The molecule has 1 heterocycles. The van der Waals surface area contributed by atoms with Crippen molar-refractivity contribution in [2.45, 2.75) is 52.5 Å². The van der Waals surface area contributed by atoms with Gasteiger partial charge in [0, 0.05) is 33.0 Å². The Balaban J connectivity index is 1.47. The van der Waals surface area contributed by atoms with Gasteiger partial charge in [-0.05, 0) is 68.1 Å². The summed E-state index contributed by atoms with van der Waals surface area (Å²) < 4.78 is 7.00. The van der Waals surface area contributed by atoms with Gasteiger partial charge in [0.25, 0.3) is 0 Å². The summed E-state index contributed by atoms with van der Waals surface area (Å²) in [5.41, 5.74) is 5.15. The molecule has 2 aromatic rings. The molecule has 7 heteroatoms. The summed E-state index contributed by atoms with van der Waals surface area (Å²) in [6, 6.07) is 12.5. The Morgan fingerprint density at radius 2 is 1.84 bits per heavy atom. The van der Waals surface area contributed by atoms with E-state index in [1.54, 1.807) is 24.3 Å². The van der Waals surface area contributed by atoms with Crippen LogP contribution < -0.4 is 0 Å². The molecule has 1 fully saturated rings. The number of ketones is 2. The molecule has 2 aromatic carbocycles. The number of halogens is 1. The predicted molar refractivity (Wildman–Crippen MR) is 148 cm³/mol. The van der Waals surface area contributed by atoms with Crippen LogP contribution in [0.25, 0.3) is 6.08 Å². The van der Waals surface area contributed by atoms with E-state index in [0.717, 1.165) is 21.2 Å². The Labute approximate surface area is 226 Å². The lowest BCUT2D eigenvalue weighted by atomic mass is 9.53. The molecule has 3 aliphatic rings. The molecular weight excluding hydrogens is 531 g/mol. The lowest BCUT2D eigenvalue weighted by Crippen LogP contribution is -2.51. The Bertz CT molecular complexity index is 1310. The third-order valence-electron chi connectivity index (χ3n) is 8.19. The topological polar surface area (TPSA) is 83.8 Å². The summed E-state index contributed by atoms with van der Waals surface area (Å²) in [5, 5.41) is 21.0. The number of carbonyl (C=O) groups is 2. The van der Waals surface area contributed by atoms with Gasteiger partial charge in [0.15, 0.2) is 11.6 Å². The third kappa shape index (κ3) is 4.89. The first-order valence-electron chi connectivity index (χ1n) is 13.0. The molecule has 2 aliphatic carbocycles. The molecule has 0 aromatic heterocycles. The number of phenolic OH excluding ortho intramolecular Hbond substituents is 1. The fraction of sp³-hybridized carbons (Fsp3) is 0.400. The van der Waals surface area contributed by atoms with Crippen LogP contribution in [-0.2, 0) is 4.65 Å². The van der Waals surface area contributed by atoms with E-state index in [9.17, 15) is 19.7 Å². The van der Waals surface area contributed by atoms with Crippen molar-refractivity contribution >= 4 is 40.7 Å². The number of phenols is 1. The minimum Gasteiger partial charge on any atom is -0.507 e. The number of benzene rings is 2. The van der Waals surface area contributed by atoms with Crippen molar-refractivity contribution < 1.29 is 24.4 Å². The highest BCUT2D eigenvalue weighted by Gasteiger charge is 2.53. The summed E-state index contributed by atoms with van der Waals surface area (Å²) in [7, 11) is -0.982. The summed E-state index contributed by atoms with van der Waals surface area (Å²) in [6.45, 7) is 6.28. The first kappa shape index (κ1) is 26.1. The van der Waals surface area contributed by atoms with Crippen molar-refractivity contribution in [1.29, 1.82) is 0 Å². The molecule has 1 saturated heterocycles. The SMILES string of the molecule is C/C(=C\c1cc(Br)ccc1O)CC[C@H]1OB(O)C[C@H]2C1=C(C(C)C)C[C@H]1C(=O)c3ccccc3C(=O)[C@H]12. The van der Waals surface area contributed by atoms with Gasteiger partial charge in [-0.15, -0.1) is 0 Å². The van der Waals surface area contributed by atoms with Gasteiger partial charge in [0.1, 0.15) is 5.75 Å². The highest BCUT2D eigenvalue weighted by molar-refractivity contribution is 9.10. The molecule has 0 spiro atoms. The van der Waals surface area contributed by atoms with Gasteiger partial charge < -0.3 is 14.8 Å². The zero-order chi connectivity index (χ0) is 26.4. The molecule has 0 amide bonds.